The third-order valence-corrected chi connectivity index (χ3v) is 7.92. The van der Waals surface area contributed by atoms with Crippen molar-refractivity contribution in [3.05, 3.63) is 102 Å². The molecule has 0 saturated carbocycles. The molecule has 1 amide bonds. The fraction of sp³-hybridized carbons (Fsp3) is 0.343. The second kappa shape index (κ2) is 11.5. The van der Waals surface area contributed by atoms with Gasteiger partial charge in [0.25, 0.3) is 5.91 Å². The average Bonchev–Trinajstić information content (AvgIpc) is 3.59. The number of fused-ring (bicyclic) bond motifs is 1. The molecule has 0 bridgehead atoms. The maximum Gasteiger partial charge on any atom is 0.258 e. The number of carbonyl (C=O) groups is 1. The minimum absolute atomic E-state index is 0.0227. The largest absolute Gasteiger partial charge is 0.346 e. The molecule has 0 spiro atoms. The standard InChI is InChI=1S/C35H37FN2O4/c1-22(2)31-30(33(39)37-26-13-9-6-10-14-26)29(23-11-7-5-8-12-23)32(24-15-17-25(36)18-16-24)38(31)20-19-27-21-28-34(40-27)42-35(3,4)41-28/h5-18,22,27-28,34H,19-21H2,1-4H3,(H,37,39)/t27?,28-,34-/m1/s1. The number of para-hydroxylation sites is 1. The Balaban J connectivity index is 1.47. The minimum atomic E-state index is -0.646. The fourth-order valence-corrected chi connectivity index (χ4v) is 6.25. The van der Waals surface area contributed by atoms with E-state index in [-0.39, 0.29) is 36.1 Å². The van der Waals surface area contributed by atoms with Crippen LogP contribution in [0.3, 0.4) is 0 Å². The van der Waals surface area contributed by atoms with Crippen LogP contribution in [0.5, 0.6) is 0 Å². The van der Waals surface area contributed by atoms with Gasteiger partial charge in [-0.15, -0.1) is 0 Å². The lowest BCUT2D eigenvalue weighted by Crippen LogP contribution is -2.25. The van der Waals surface area contributed by atoms with Crippen LogP contribution in [0.15, 0.2) is 84.9 Å². The Morgan fingerprint density at radius 3 is 2.26 bits per heavy atom. The van der Waals surface area contributed by atoms with E-state index < -0.39 is 5.79 Å². The highest BCUT2D eigenvalue weighted by Crippen LogP contribution is 2.43. The topological polar surface area (TPSA) is 61.7 Å². The Bertz CT molecular complexity index is 1530. The van der Waals surface area contributed by atoms with Gasteiger partial charge in [0, 0.05) is 29.9 Å². The molecule has 1 aromatic heterocycles. The van der Waals surface area contributed by atoms with Gasteiger partial charge in [0.2, 0.25) is 0 Å². The number of hydrogen-bond donors (Lipinski definition) is 1. The van der Waals surface area contributed by atoms with Crippen LogP contribution in [-0.4, -0.2) is 34.8 Å². The maximum absolute atomic E-state index is 14.2. The van der Waals surface area contributed by atoms with Crippen LogP contribution in [0.1, 0.15) is 62.5 Å². The Labute approximate surface area is 246 Å². The van der Waals surface area contributed by atoms with Crippen LogP contribution in [-0.2, 0) is 20.8 Å². The van der Waals surface area contributed by atoms with Crippen molar-refractivity contribution in [1.82, 2.24) is 4.57 Å². The van der Waals surface area contributed by atoms with E-state index in [0.717, 1.165) is 40.2 Å². The molecule has 3 heterocycles. The molecule has 1 unspecified atom stereocenters. The summed E-state index contributed by atoms with van der Waals surface area (Å²) in [5.41, 5.74) is 5.75. The summed E-state index contributed by atoms with van der Waals surface area (Å²) in [7, 11) is 0. The molecule has 2 aliphatic heterocycles. The molecular weight excluding hydrogens is 531 g/mol. The van der Waals surface area contributed by atoms with Gasteiger partial charge in [0.1, 0.15) is 11.9 Å². The van der Waals surface area contributed by atoms with Crippen molar-refractivity contribution in [3.63, 3.8) is 0 Å². The summed E-state index contributed by atoms with van der Waals surface area (Å²) in [6, 6.07) is 26.0. The number of amides is 1. The zero-order chi connectivity index (χ0) is 29.4. The summed E-state index contributed by atoms with van der Waals surface area (Å²) in [4.78, 5) is 14.2. The number of halogens is 1. The van der Waals surface area contributed by atoms with Crippen molar-refractivity contribution in [3.8, 4) is 22.4 Å². The molecule has 3 aromatic carbocycles. The van der Waals surface area contributed by atoms with Crippen molar-refractivity contribution in [2.45, 2.75) is 77.3 Å². The van der Waals surface area contributed by atoms with Gasteiger partial charge in [0.15, 0.2) is 12.1 Å². The van der Waals surface area contributed by atoms with Gasteiger partial charge in [0.05, 0.1) is 17.4 Å². The highest BCUT2D eigenvalue weighted by Gasteiger charge is 2.48. The first kappa shape index (κ1) is 28.3. The molecule has 7 heteroatoms. The third-order valence-electron chi connectivity index (χ3n) is 7.92. The summed E-state index contributed by atoms with van der Waals surface area (Å²) in [6.07, 6.45) is 0.925. The molecule has 2 aliphatic rings. The van der Waals surface area contributed by atoms with E-state index in [1.165, 1.54) is 12.1 Å². The molecule has 2 saturated heterocycles. The van der Waals surface area contributed by atoms with Gasteiger partial charge in [-0.05, 0) is 73.7 Å². The van der Waals surface area contributed by atoms with Gasteiger partial charge in [-0.1, -0.05) is 62.4 Å². The number of nitrogens with zero attached hydrogens (tertiary/aromatic N) is 1. The van der Waals surface area contributed by atoms with Crippen LogP contribution in [0.25, 0.3) is 22.4 Å². The number of carbonyl (C=O) groups excluding carboxylic acids is 1. The maximum atomic E-state index is 14.2. The van der Waals surface area contributed by atoms with Gasteiger partial charge in [-0.3, -0.25) is 4.79 Å². The Morgan fingerprint density at radius 1 is 0.952 bits per heavy atom. The highest BCUT2D eigenvalue weighted by molar-refractivity contribution is 6.12. The number of benzene rings is 3. The zero-order valence-corrected chi connectivity index (χ0v) is 24.5. The van der Waals surface area contributed by atoms with Crippen molar-refractivity contribution in [1.29, 1.82) is 0 Å². The number of ether oxygens (including phenoxy) is 3. The molecule has 1 N–H and O–H groups in total. The van der Waals surface area contributed by atoms with Crippen molar-refractivity contribution < 1.29 is 23.4 Å². The lowest BCUT2D eigenvalue weighted by molar-refractivity contribution is -0.205. The predicted molar refractivity (Wildman–Crippen MR) is 162 cm³/mol. The smallest absolute Gasteiger partial charge is 0.258 e. The van der Waals surface area contributed by atoms with Crippen LogP contribution in [0.2, 0.25) is 0 Å². The number of nitrogens with one attached hydrogen (secondary N) is 1. The quantitative estimate of drug-likeness (QED) is 0.234. The molecule has 0 radical (unpaired) electrons. The molecule has 3 atom stereocenters. The molecule has 0 aliphatic carbocycles. The van der Waals surface area contributed by atoms with Crippen LogP contribution < -0.4 is 5.32 Å². The first-order chi connectivity index (χ1) is 20.2. The van der Waals surface area contributed by atoms with Crippen molar-refractivity contribution in [2.75, 3.05) is 5.32 Å². The van der Waals surface area contributed by atoms with Crippen molar-refractivity contribution in [2.24, 2.45) is 0 Å². The van der Waals surface area contributed by atoms with E-state index in [1.807, 2.05) is 74.5 Å². The summed E-state index contributed by atoms with van der Waals surface area (Å²) in [5.74, 6) is -1.11. The average molecular weight is 569 g/mol. The summed E-state index contributed by atoms with van der Waals surface area (Å²) in [5, 5.41) is 3.13. The second-order valence-electron chi connectivity index (χ2n) is 11.8. The molecule has 218 valence electrons. The lowest BCUT2D eigenvalue weighted by Gasteiger charge is -2.22. The Hall–Kier alpha value is -3.78. The molecule has 6 nitrogen and oxygen atoms in total. The lowest BCUT2D eigenvalue weighted by atomic mass is 9.94. The first-order valence-electron chi connectivity index (χ1n) is 14.7. The first-order valence-corrected chi connectivity index (χ1v) is 14.7. The summed E-state index contributed by atoms with van der Waals surface area (Å²) in [6.45, 7) is 8.62. The monoisotopic (exact) mass is 568 g/mol. The molecular formula is C35H37FN2O4. The molecule has 6 rings (SSSR count). The SMILES string of the molecule is CC(C)c1c(C(=O)Nc2ccccc2)c(-c2ccccc2)c(-c2ccc(F)cc2)n1CCC1C[C@H]2OC(C)(C)O[C@H]2O1. The summed E-state index contributed by atoms with van der Waals surface area (Å²) < 4.78 is 34.6. The van der Waals surface area contributed by atoms with Gasteiger partial charge >= 0.3 is 0 Å². The Morgan fingerprint density at radius 2 is 1.62 bits per heavy atom. The second-order valence-corrected chi connectivity index (χ2v) is 11.8. The predicted octanol–water partition coefficient (Wildman–Crippen LogP) is 7.99. The van der Waals surface area contributed by atoms with Gasteiger partial charge in [-0.25, -0.2) is 4.39 Å². The molecule has 4 aromatic rings. The number of anilines is 1. The van der Waals surface area contributed by atoms with E-state index in [0.29, 0.717) is 18.5 Å². The molecule has 2 fully saturated rings. The fourth-order valence-electron chi connectivity index (χ4n) is 6.25. The number of hydrogen-bond acceptors (Lipinski definition) is 4. The van der Waals surface area contributed by atoms with Crippen LogP contribution in [0, 0.1) is 5.82 Å². The van der Waals surface area contributed by atoms with E-state index in [4.69, 9.17) is 14.2 Å². The minimum Gasteiger partial charge on any atom is -0.346 e. The zero-order valence-electron chi connectivity index (χ0n) is 24.5. The highest BCUT2D eigenvalue weighted by atomic mass is 19.1. The third kappa shape index (κ3) is 5.64. The molecule has 42 heavy (non-hydrogen) atoms. The van der Waals surface area contributed by atoms with Crippen molar-refractivity contribution >= 4 is 11.6 Å². The number of rotatable bonds is 8. The van der Waals surface area contributed by atoms with Gasteiger partial charge < -0.3 is 24.1 Å². The Kier molecular flexibility index (Phi) is 7.75. The van der Waals surface area contributed by atoms with Crippen LogP contribution >= 0.6 is 0 Å². The number of aromatic nitrogens is 1. The normalized spacial score (nSPS) is 21.0. The van der Waals surface area contributed by atoms with E-state index in [1.54, 1.807) is 12.1 Å². The van der Waals surface area contributed by atoms with Crippen LogP contribution in [0.4, 0.5) is 10.1 Å². The van der Waals surface area contributed by atoms with E-state index in [9.17, 15) is 9.18 Å². The summed E-state index contributed by atoms with van der Waals surface area (Å²) >= 11 is 0. The van der Waals surface area contributed by atoms with E-state index >= 15 is 0 Å². The van der Waals surface area contributed by atoms with E-state index in [2.05, 4.69) is 23.7 Å². The van der Waals surface area contributed by atoms with Gasteiger partial charge in [-0.2, -0.15) is 0 Å².